The van der Waals surface area contributed by atoms with E-state index in [0.717, 1.165) is 17.5 Å². The minimum atomic E-state index is -0.731. The van der Waals surface area contributed by atoms with Gasteiger partial charge in [0.25, 0.3) is 11.8 Å². The van der Waals surface area contributed by atoms with Crippen molar-refractivity contribution in [3.63, 3.8) is 0 Å². The first kappa shape index (κ1) is 17.8. The Kier molecular flexibility index (Phi) is 3.77. The Morgan fingerprint density at radius 2 is 1.86 bits per heavy atom. The third-order valence-corrected chi connectivity index (χ3v) is 6.54. The van der Waals surface area contributed by atoms with Crippen LogP contribution < -0.4 is 4.74 Å². The summed E-state index contributed by atoms with van der Waals surface area (Å²) >= 11 is 0. The minimum Gasteiger partial charge on any atom is -0.500 e. The van der Waals surface area contributed by atoms with Crippen LogP contribution in [0.1, 0.15) is 18.9 Å². The Hall–Kier alpha value is -3.23. The van der Waals surface area contributed by atoms with Gasteiger partial charge in [-0.1, -0.05) is 12.2 Å². The van der Waals surface area contributed by atoms with Crippen LogP contribution in [0.15, 0.2) is 29.4 Å². The monoisotopic (exact) mass is 397 g/mol. The number of hydrogen-bond acceptors (Lipinski definition) is 7. The lowest BCUT2D eigenvalue weighted by Gasteiger charge is -2.37. The number of ether oxygens (including phenoxy) is 1. The first-order chi connectivity index (χ1) is 13.9. The van der Waals surface area contributed by atoms with E-state index >= 15 is 0 Å². The van der Waals surface area contributed by atoms with E-state index in [1.54, 1.807) is 6.92 Å². The van der Waals surface area contributed by atoms with E-state index < -0.39 is 16.4 Å². The van der Waals surface area contributed by atoms with E-state index in [1.807, 2.05) is 0 Å². The molecular weight excluding hydrogens is 378 g/mol. The first-order valence-electron chi connectivity index (χ1n) is 9.66. The summed E-state index contributed by atoms with van der Waals surface area (Å²) < 4.78 is 5.24. The molecule has 4 aliphatic carbocycles. The number of carbonyl (C=O) groups excluding carboxylic acids is 2. The number of carbonyl (C=O) groups is 2. The predicted molar refractivity (Wildman–Crippen MR) is 100 cm³/mol. The zero-order chi connectivity index (χ0) is 20.4. The van der Waals surface area contributed by atoms with Gasteiger partial charge in [0.1, 0.15) is 0 Å². The predicted octanol–water partition coefficient (Wildman–Crippen LogP) is 2.09. The molecule has 6 atom stereocenters. The van der Waals surface area contributed by atoms with E-state index in [9.17, 15) is 24.8 Å². The number of phenolic OH excluding ortho intramolecular Hbond substituents is 1. The fourth-order valence-corrected chi connectivity index (χ4v) is 5.27. The number of amides is 2. The molecule has 3 fully saturated rings. The minimum absolute atomic E-state index is 0.0572. The maximum atomic E-state index is 12.9. The Morgan fingerprint density at radius 1 is 1.24 bits per heavy atom. The number of imide groups is 1. The van der Waals surface area contributed by atoms with Crippen LogP contribution >= 0.6 is 0 Å². The number of benzene rings is 1. The van der Waals surface area contributed by atoms with Crippen molar-refractivity contribution in [3.05, 3.63) is 40.0 Å². The second-order valence-electron chi connectivity index (χ2n) is 7.96. The van der Waals surface area contributed by atoms with Crippen LogP contribution in [0.2, 0.25) is 0 Å². The molecule has 1 aliphatic heterocycles. The zero-order valence-corrected chi connectivity index (χ0v) is 15.6. The van der Waals surface area contributed by atoms with E-state index in [1.165, 1.54) is 12.3 Å². The van der Waals surface area contributed by atoms with Gasteiger partial charge in [0.2, 0.25) is 5.75 Å². The molecular formula is C20H19N3O6. The van der Waals surface area contributed by atoms with Crippen molar-refractivity contribution in [1.82, 2.24) is 5.01 Å². The summed E-state index contributed by atoms with van der Waals surface area (Å²) in [6, 6.07) is 2.51. The van der Waals surface area contributed by atoms with Crippen molar-refractivity contribution >= 4 is 23.7 Å². The molecule has 150 valence electrons. The topological polar surface area (TPSA) is 122 Å². The van der Waals surface area contributed by atoms with Gasteiger partial charge in [-0.15, -0.1) is 0 Å². The molecule has 1 saturated heterocycles. The van der Waals surface area contributed by atoms with Crippen molar-refractivity contribution in [2.45, 2.75) is 13.3 Å². The standard InChI is InChI=1S/C20H19N3O6/c1-2-29-15-6-9(5-14(18(15)24)23(27)28)8-21-22-19(25)16-10-3-4-11(13-7-12(10)13)17(16)20(22)26/h3-6,8,10-13,16-17,24H,2,7H2,1H3/b21-8+. The average Bonchev–Trinajstić information content (AvgIpc) is 3.47. The highest BCUT2D eigenvalue weighted by Crippen LogP contribution is 2.65. The third kappa shape index (κ3) is 2.49. The van der Waals surface area contributed by atoms with Crippen LogP contribution in [0, 0.1) is 45.6 Å². The first-order valence-corrected chi connectivity index (χ1v) is 9.66. The van der Waals surface area contributed by atoms with E-state index in [2.05, 4.69) is 17.3 Å². The van der Waals surface area contributed by atoms with E-state index in [0.29, 0.717) is 11.8 Å². The van der Waals surface area contributed by atoms with Crippen molar-refractivity contribution in [3.8, 4) is 11.5 Å². The number of hydrazone groups is 1. The summed E-state index contributed by atoms with van der Waals surface area (Å²) in [6.45, 7) is 1.89. The van der Waals surface area contributed by atoms with E-state index in [-0.39, 0.29) is 53.4 Å². The molecule has 9 heteroatoms. The van der Waals surface area contributed by atoms with Gasteiger partial charge < -0.3 is 9.84 Å². The number of nitro groups is 1. The summed E-state index contributed by atoms with van der Waals surface area (Å²) in [6.07, 6.45) is 6.46. The summed E-state index contributed by atoms with van der Waals surface area (Å²) in [5, 5.41) is 26.2. The molecule has 2 amide bonds. The van der Waals surface area contributed by atoms with Crippen LogP contribution in [0.25, 0.3) is 0 Å². The summed E-state index contributed by atoms with van der Waals surface area (Å²) in [4.78, 5) is 36.3. The number of allylic oxidation sites excluding steroid dienone is 2. The zero-order valence-electron chi connectivity index (χ0n) is 15.6. The maximum absolute atomic E-state index is 12.9. The number of aromatic hydroxyl groups is 1. The second kappa shape index (κ2) is 6.13. The molecule has 2 saturated carbocycles. The maximum Gasteiger partial charge on any atom is 0.315 e. The molecule has 0 radical (unpaired) electrons. The molecule has 6 unspecified atom stereocenters. The SMILES string of the molecule is CCOc1cc(/C=N/N2C(=O)C3C4C=CC(C5CC45)C3C2=O)cc([N+](=O)[O-])c1O. The molecule has 6 rings (SSSR count). The molecule has 0 spiro atoms. The number of hydrogen-bond donors (Lipinski definition) is 1. The molecule has 0 aromatic heterocycles. The second-order valence-corrected chi connectivity index (χ2v) is 7.96. The lowest BCUT2D eigenvalue weighted by molar-refractivity contribution is -0.386. The molecule has 2 bridgehead atoms. The smallest absolute Gasteiger partial charge is 0.315 e. The van der Waals surface area contributed by atoms with Crippen molar-refractivity contribution in [2.75, 3.05) is 6.61 Å². The highest BCUT2D eigenvalue weighted by atomic mass is 16.6. The van der Waals surface area contributed by atoms with Crippen molar-refractivity contribution < 1.29 is 24.4 Å². The Balaban J connectivity index is 1.45. The molecule has 1 N–H and O–H groups in total. The van der Waals surface area contributed by atoms with Crippen LogP contribution in [-0.4, -0.2) is 39.7 Å². The normalized spacial score (nSPS) is 33.9. The van der Waals surface area contributed by atoms with Crippen LogP contribution in [0.5, 0.6) is 11.5 Å². The molecule has 9 nitrogen and oxygen atoms in total. The number of nitro benzene ring substituents is 1. The fourth-order valence-electron chi connectivity index (χ4n) is 5.27. The van der Waals surface area contributed by atoms with Gasteiger partial charge in [-0.3, -0.25) is 19.7 Å². The lowest BCUT2D eigenvalue weighted by atomic mass is 9.63. The van der Waals surface area contributed by atoms with Crippen molar-refractivity contribution in [2.24, 2.45) is 40.6 Å². The van der Waals surface area contributed by atoms with E-state index in [4.69, 9.17) is 4.74 Å². The fraction of sp³-hybridized carbons (Fsp3) is 0.450. The summed E-state index contributed by atoms with van der Waals surface area (Å²) in [5.41, 5.74) is -0.287. The van der Waals surface area contributed by atoms with Gasteiger partial charge in [0.15, 0.2) is 5.75 Å². The number of nitrogens with zero attached hydrogens (tertiary/aromatic N) is 3. The average molecular weight is 397 g/mol. The Bertz CT molecular complexity index is 966. The molecule has 29 heavy (non-hydrogen) atoms. The third-order valence-electron chi connectivity index (χ3n) is 6.54. The summed E-state index contributed by atoms with van der Waals surface area (Å²) in [7, 11) is 0. The molecule has 1 aromatic carbocycles. The lowest BCUT2D eigenvalue weighted by Crippen LogP contribution is -2.40. The number of rotatable bonds is 5. The van der Waals surface area contributed by atoms with Crippen LogP contribution in [0.4, 0.5) is 5.69 Å². The van der Waals surface area contributed by atoms with Gasteiger partial charge in [-0.2, -0.15) is 10.1 Å². The molecule has 5 aliphatic rings. The van der Waals surface area contributed by atoms with Crippen LogP contribution in [-0.2, 0) is 9.59 Å². The Morgan fingerprint density at radius 3 is 2.41 bits per heavy atom. The molecule has 1 heterocycles. The highest BCUT2D eigenvalue weighted by Gasteiger charge is 2.67. The number of phenols is 1. The quantitative estimate of drug-likeness (QED) is 0.267. The molecule has 1 aromatic rings. The van der Waals surface area contributed by atoms with Crippen LogP contribution in [0.3, 0.4) is 0 Å². The summed E-state index contributed by atoms with van der Waals surface area (Å²) in [5.74, 6) is -0.747. The highest BCUT2D eigenvalue weighted by molar-refractivity contribution is 6.06. The van der Waals surface area contributed by atoms with Crippen molar-refractivity contribution in [1.29, 1.82) is 0 Å². The van der Waals surface area contributed by atoms with Gasteiger partial charge in [0, 0.05) is 11.6 Å². The van der Waals surface area contributed by atoms with Gasteiger partial charge >= 0.3 is 5.69 Å². The van der Waals surface area contributed by atoms with Gasteiger partial charge in [-0.05, 0) is 43.1 Å². The largest absolute Gasteiger partial charge is 0.500 e. The van der Waals surface area contributed by atoms with Gasteiger partial charge in [0.05, 0.1) is 29.6 Å². The van der Waals surface area contributed by atoms with Gasteiger partial charge in [-0.25, -0.2) is 0 Å². The Labute approximate surface area is 165 Å².